The van der Waals surface area contributed by atoms with E-state index in [-0.39, 0.29) is 18.4 Å². The average Bonchev–Trinajstić information content (AvgIpc) is 2.79. The van der Waals surface area contributed by atoms with Gasteiger partial charge in [0.05, 0.1) is 12.5 Å². The molecule has 2 heterocycles. The molecule has 1 unspecified atom stereocenters. The summed E-state index contributed by atoms with van der Waals surface area (Å²) < 4.78 is 6.74. The molecule has 0 aromatic carbocycles. The fourth-order valence-electron chi connectivity index (χ4n) is 1.57. The molecule has 18 heavy (non-hydrogen) atoms. The highest BCUT2D eigenvalue weighted by Gasteiger charge is 2.14. The fraction of sp³-hybridized carbons (Fsp3) is 0.364. The van der Waals surface area contributed by atoms with Crippen LogP contribution in [0.25, 0.3) is 5.65 Å². The van der Waals surface area contributed by atoms with E-state index in [4.69, 9.17) is 10.5 Å². The minimum Gasteiger partial charge on any atom is -0.380 e. The van der Waals surface area contributed by atoms with Crippen molar-refractivity contribution in [3.05, 3.63) is 24.4 Å². The number of hydrogen-bond acceptors (Lipinski definition) is 5. The third-order valence-electron chi connectivity index (χ3n) is 2.57. The quantitative estimate of drug-likeness (QED) is 0.779. The number of amides is 1. The number of fused-ring (bicyclic) bond motifs is 1. The van der Waals surface area contributed by atoms with Crippen LogP contribution in [0, 0.1) is 0 Å². The number of methoxy groups -OCH3 is 1. The van der Waals surface area contributed by atoms with E-state index in [9.17, 15) is 4.79 Å². The first kappa shape index (κ1) is 12.5. The zero-order valence-electron chi connectivity index (χ0n) is 10.0. The van der Waals surface area contributed by atoms with E-state index in [1.165, 1.54) is 7.11 Å². The van der Waals surface area contributed by atoms with Gasteiger partial charge in [0.2, 0.25) is 11.9 Å². The van der Waals surface area contributed by atoms with Crippen molar-refractivity contribution in [3.8, 4) is 0 Å². The van der Waals surface area contributed by atoms with Gasteiger partial charge in [-0.1, -0.05) is 6.07 Å². The number of rotatable bonds is 5. The first-order valence-electron chi connectivity index (χ1n) is 5.57. The van der Waals surface area contributed by atoms with Crippen molar-refractivity contribution >= 4 is 17.5 Å². The van der Waals surface area contributed by atoms with E-state index in [0.717, 1.165) is 0 Å². The normalized spacial score (nSPS) is 12.6. The second-order valence-electron chi connectivity index (χ2n) is 3.80. The molecule has 0 spiro atoms. The first-order valence-corrected chi connectivity index (χ1v) is 5.57. The van der Waals surface area contributed by atoms with Crippen molar-refractivity contribution in [1.29, 1.82) is 0 Å². The first-order chi connectivity index (χ1) is 8.74. The van der Waals surface area contributed by atoms with Crippen LogP contribution in [0.15, 0.2) is 24.4 Å². The SMILES string of the molecule is COC(CN)CC(=O)Nc1nnc2ccccn12. The predicted octanol–water partition coefficient (Wildman–Crippen LogP) is 0.0316. The van der Waals surface area contributed by atoms with Gasteiger partial charge in [-0.15, -0.1) is 10.2 Å². The van der Waals surface area contributed by atoms with E-state index >= 15 is 0 Å². The molecular formula is C11H15N5O2. The van der Waals surface area contributed by atoms with Gasteiger partial charge < -0.3 is 10.5 Å². The van der Waals surface area contributed by atoms with Gasteiger partial charge >= 0.3 is 0 Å². The molecule has 3 N–H and O–H groups in total. The summed E-state index contributed by atoms with van der Waals surface area (Å²) >= 11 is 0. The number of anilines is 1. The highest BCUT2D eigenvalue weighted by atomic mass is 16.5. The van der Waals surface area contributed by atoms with Crippen LogP contribution in [-0.4, -0.2) is 40.3 Å². The molecular weight excluding hydrogens is 234 g/mol. The van der Waals surface area contributed by atoms with Crippen LogP contribution in [0.5, 0.6) is 0 Å². The lowest BCUT2D eigenvalue weighted by Gasteiger charge is -2.11. The molecule has 0 aliphatic rings. The molecule has 0 aliphatic carbocycles. The lowest BCUT2D eigenvalue weighted by Crippen LogP contribution is -2.28. The summed E-state index contributed by atoms with van der Waals surface area (Å²) in [5, 5.41) is 10.5. The minimum absolute atomic E-state index is 0.189. The molecule has 0 saturated heterocycles. The lowest BCUT2D eigenvalue weighted by molar-refractivity contribution is -0.118. The van der Waals surface area contributed by atoms with Crippen LogP contribution in [0.2, 0.25) is 0 Å². The third kappa shape index (κ3) is 2.63. The standard InChI is InChI=1S/C11H15N5O2/c1-18-8(7-12)6-10(17)13-11-15-14-9-4-2-3-5-16(9)11/h2-5,8H,6-7,12H2,1H3,(H,13,15,17). The lowest BCUT2D eigenvalue weighted by atomic mass is 10.2. The minimum atomic E-state index is -0.288. The van der Waals surface area contributed by atoms with E-state index < -0.39 is 0 Å². The molecule has 1 amide bonds. The largest absolute Gasteiger partial charge is 0.380 e. The van der Waals surface area contributed by atoms with Gasteiger partial charge in [-0.3, -0.25) is 14.5 Å². The van der Waals surface area contributed by atoms with E-state index in [0.29, 0.717) is 18.1 Å². The van der Waals surface area contributed by atoms with Crippen molar-refractivity contribution < 1.29 is 9.53 Å². The van der Waals surface area contributed by atoms with Crippen LogP contribution < -0.4 is 11.1 Å². The highest BCUT2D eigenvalue weighted by Crippen LogP contribution is 2.08. The van der Waals surface area contributed by atoms with Gasteiger partial charge in [-0.05, 0) is 12.1 Å². The molecule has 0 saturated carbocycles. The predicted molar refractivity (Wildman–Crippen MR) is 66.1 cm³/mol. The Kier molecular flexibility index (Phi) is 3.85. The average molecular weight is 249 g/mol. The van der Waals surface area contributed by atoms with Crippen molar-refractivity contribution in [3.63, 3.8) is 0 Å². The van der Waals surface area contributed by atoms with Crippen molar-refractivity contribution in [1.82, 2.24) is 14.6 Å². The molecule has 7 heteroatoms. The van der Waals surface area contributed by atoms with E-state index in [1.807, 2.05) is 12.1 Å². The number of ether oxygens (including phenoxy) is 1. The molecule has 1 atom stereocenters. The van der Waals surface area contributed by atoms with Gasteiger partial charge in [0, 0.05) is 19.9 Å². The molecule has 0 fully saturated rings. The third-order valence-corrected chi connectivity index (χ3v) is 2.57. The number of carbonyl (C=O) groups excluding carboxylic acids is 1. The van der Waals surface area contributed by atoms with Gasteiger partial charge in [0.1, 0.15) is 0 Å². The Bertz CT molecular complexity index is 535. The van der Waals surface area contributed by atoms with Gasteiger partial charge in [0.25, 0.3) is 0 Å². The second-order valence-corrected chi connectivity index (χ2v) is 3.80. The molecule has 0 bridgehead atoms. The summed E-state index contributed by atoms with van der Waals surface area (Å²) in [6.07, 6.45) is 1.68. The number of hydrogen-bond donors (Lipinski definition) is 2. The summed E-state index contributed by atoms with van der Waals surface area (Å²) in [7, 11) is 1.53. The summed E-state index contributed by atoms with van der Waals surface area (Å²) in [5.74, 6) is 0.188. The number of nitrogens with two attached hydrogens (primary N) is 1. The maximum absolute atomic E-state index is 11.8. The molecule has 2 rings (SSSR count). The fourth-order valence-corrected chi connectivity index (χ4v) is 1.57. The smallest absolute Gasteiger partial charge is 0.235 e. The number of pyridine rings is 1. The van der Waals surface area contributed by atoms with Crippen LogP contribution in [0.1, 0.15) is 6.42 Å². The summed E-state index contributed by atoms with van der Waals surface area (Å²) in [4.78, 5) is 11.8. The molecule has 0 radical (unpaired) electrons. The van der Waals surface area contributed by atoms with Crippen molar-refractivity contribution in [2.45, 2.75) is 12.5 Å². The Morgan fingerprint density at radius 1 is 1.56 bits per heavy atom. The summed E-state index contributed by atoms with van der Waals surface area (Å²) in [6.45, 7) is 0.296. The van der Waals surface area contributed by atoms with Crippen molar-refractivity contribution in [2.75, 3.05) is 19.0 Å². The maximum atomic E-state index is 11.8. The molecule has 2 aromatic heterocycles. The Morgan fingerprint density at radius 3 is 3.11 bits per heavy atom. The zero-order valence-corrected chi connectivity index (χ0v) is 10.0. The summed E-state index contributed by atoms with van der Waals surface area (Å²) in [5.41, 5.74) is 6.13. The molecule has 0 aliphatic heterocycles. The monoisotopic (exact) mass is 249 g/mol. The van der Waals surface area contributed by atoms with Gasteiger partial charge in [0.15, 0.2) is 5.65 Å². The zero-order chi connectivity index (χ0) is 13.0. The Balaban J connectivity index is 2.07. The number of nitrogens with one attached hydrogen (secondary N) is 1. The van der Waals surface area contributed by atoms with Crippen molar-refractivity contribution in [2.24, 2.45) is 5.73 Å². The second kappa shape index (κ2) is 5.56. The Labute approximate surface area is 104 Å². The number of carbonyl (C=O) groups is 1. The number of aromatic nitrogens is 3. The molecule has 7 nitrogen and oxygen atoms in total. The molecule has 2 aromatic rings. The van der Waals surface area contributed by atoms with E-state index in [2.05, 4.69) is 15.5 Å². The van der Waals surface area contributed by atoms with Crippen LogP contribution >= 0.6 is 0 Å². The maximum Gasteiger partial charge on any atom is 0.235 e. The summed E-state index contributed by atoms with van der Waals surface area (Å²) in [6, 6.07) is 5.50. The van der Waals surface area contributed by atoms with Crippen LogP contribution in [0.3, 0.4) is 0 Å². The highest BCUT2D eigenvalue weighted by molar-refractivity contribution is 5.89. The topological polar surface area (TPSA) is 94.5 Å². The number of nitrogens with zero attached hydrogens (tertiary/aromatic N) is 3. The van der Waals surface area contributed by atoms with E-state index in [1.54, 1.807) is 16.7 Å². The van der Waals surface area contributed by atoms with Crippen LogP contribution in [0.4, 0.5) is 5.95 Å². The van der Waals surface area contributed by atoms with Gasteiger partial charge in [-0.2, -0.15) is 0 Å². The van der Waals surface area contributed by atoms with Gasteiger partial charge in [-0.25, -0.2) is 0 Å². The Morgan fingerprint density at radius 2 is 2.39 bits per heavy atom. The molecule has 96 valence electrons. The Hall–Kier alpha value is -1.99. The van der Waals surface area contributed by atoms with Crippen LogP contribution in [-0.2, 0) is 9.53 Å².